The summed E-state index contributed by atoms with van der Waals surface area (Å²) >= 11 is 1.29. The van der Waals surface area contributed by atoms with Crippen molar-refractivity contribution in [3.8, 4) is 17.1 Å². The molecule has 0 aliphatic heterocycles. The largest absolute Gasteiger partial charge is 0.315 e. The number of anilines is 1. The Hall–Kier alpha value is -3.45. The Morgan fingerprint density at radius 1 is 0.935 bits per heavy atom. The van der Waals surface area contributed by atoms with Crippen molar-refractivity contribution in [2.24, 2.45) is 0 Å². The number of hydrogen-bond acceptors (Lipinski definition) is 4. The van der Waals surface area contributed by atoms with Crippen LogP contribution in [0.2, 0.25) is 0 Å². The normalized spacial score (nSPS) is 11.8. The van der Waals surface area contributed by atoms with Gasteiger partial charge in [-0.25, -0.2) is 4.39 Å². The van der Waals surface area contributed by atoms with Crippen LogP contribution < -0.4 is 4.90 Å². The third-order valence-corrected chi connectivity index (χ3v) is 5.90. The van der Waals surface area contributed by atoms with Crippen LogP contribution in [-0.4, -0.2) is 33.0 Å². The summed E-state index contributed by atoms with van der Waals surface area (Å²) in [7, 11) is 1.75. The first-order valence-corrected chi connectivity index (χ1v) is 10.7. The lowest BCUT2D eigenvalue weighted by Crippen LogP contribution is -2.33. The first kappa shape index (κ1) is 20.8. The second kappa shape index (κ2) is 9.14. The lowest BCUT2D eigenvalue weighted by molar-refractivity contribution is -0.117. The zero-order valence-corrected chi connectivity index (χ0v) is 18.0. The molecule has 4 rings (SSSR count). The highest BCUT2D eigenvalue weighted by molar-refractivity contribution is 8.00. The minimum absolute atomic E-state index is 0.0637. The third-order valence-electron chi connectivity index (χ3n) is 4.87. The van der Waals surface area contributed by atoms with Gasteiger partial charge in [-0.1, -0.05) is 60.3 Å². The average molecular weight is 433 g/mol. The summed E-state index contributed by atoms with van der Waals surface area (Å²) < 4.78 is 16.3. The molecule has 156 valence electrons. The number of thioether (sulfide) groups is 1. The highest BCUT2D eigenvalue weighted by Gasteiger charge is 2.25. The van der Waals surface area contributed by atoms with Crippen molar-refractivity contribution >= 4 is 23.4 Å². The van der Waals surface area contributed by atoms with Crippen molar-refractivity contribution in [3.05, 3.63) is 90.7 Å². The molecule has 1 atom stereocenters. The Labute approximate surface area is 184 Å². The predicted octanol–water partition coefficient (Wildman–Crippen LogP) is 5.22. The first-order valence-electron chi connectivity index (χ1n) is 9.81. The van der Waals surface area contributed by atoms with Crippen LogP contribution in [0.3, 0.4) is 0 Å². The molecule has 0 aliphatic rings. The fraction of sp³-hybridized carbons (Fsp3) is 0.125. The average Bonchev–Trinajstić information content (AvgIpc) is 3.22. The van der Waals surface area contributed by atoms with Crippen LogP contribution in [0.25, 0.3) is 17.1 Å². The molecule has 1 amide bonds. The molecule has 3 aromatic carbocycles. The van der Waals surface area contributed by atoms with Gasteiger partial charge in [0.2, 0.25) is 5.91 Å². The summed E-state index contributed by atoms with van der Waals surface area (Å²) in [5.41, 5.74) is 1.96. The molecule has 7 heteroatoms. The maximum Gasteiger partial charge on any atom is 0.240 e. The van der Waals surface area contributed by atoms with Gasteiger partial charge < -0.3 is 4.90 Å². The van der Waals surface area contributed by atoms with Crippen molar-refractivity contribution in [1.29, 1.82) is 0 Å². The molecule has 0 spiro atoms. The Balaban J connectivity index is 1.69. The Morgan fingerprint density at radius 3 is 2.23 bits per heavy atom. The number of rotatable bonds is 6. The smallest absolute Gasteiger partial charge is 0.240 e. The summed E-state index contributed by atoms with van der Waals surface area (Å²) in [5.74, 6) is -0.0503. The fourth-order valence-electron chi connectivity index (χ4n) is 3.23. The van der Waals surface area contributed by atoms with Crippen LogP contribution in [0.15, 0.2) is 90.1 Å². The van der Waals surface area contributed by atoms with Crippen LogP contribution in [0, 0.1) is 5.82 Å². The predicted molar refractivity (Wildman–Crippen MR) is 122 cm³/mol. The van der Waals surface area contributed by atoms with Gasteiger partial charge in [0.1, 0.15) is 5.82 Å². The van der Waals surface area contributed by atoms with E-state index in [-0.39, 0.29) is 11.7 Å². The first-order chi connectivity index (χ1) is 15.1. The fourth-order valence-corrected chi connectivity index (χ4v) is 4.19. The van der Waals surface area contributed by atoms with E-state index >= 15 is 0 Å². The van der Waals surface area contributed by atoms with Crippen LogP contribution in [0.5, 0.6) is 0 Å². The summed E-state index contributed by atoms with van der Waals surface area (Å²) in [5, 5.41) is 8.66. The molecule has 0 saturated carbocycles. The van der Waals surface area contributed by atoms with Crippen molar-refractivity contribution in [1.82, 2.24) is 14.8 Å². The lowest BCUT2D eigenvalue weighted by Gasteiger charge is -2.21. The van der Waals surface area contributed by atoms with Gasteiger partial charge in [-0.2, -0.15) is 0 Å². The van der Waals surface area contributed by atoms with Crippen molar-refractivity contribution < 1.29 is 9.18 Å². The highest BCUT2D eigenvalue weighted by atomic mass is 32.2. The zero-order valence-electron chi connectivity index (χ0n) is 17.1. The Morgan fingerprint density at radius 2 is 1.55 bits per heavy atom. The molecule has 0 bridgehead atoms. The minimum Gasteiger partial charge on any atom is -0.315 e. The zero-order chi connectivity index (χ0) is 21.8. The molecule has 0 saturated heterocycles. The van der Waals surface area contributed by atoms with Gasteiger partial charge in [0.25, 0.3) is 0 Å². The maximum atomic E-state index is 14.5. The molecule has 5 nitrogen and oxygen atoms in total. The molecule has 1 unspecified atom stereocenters. The van der Waals surface area contributed by atoms with Crippen LogP contribution in [-0.2, 0) is 4.79 Å². The second-order valence-electron chi connectivity index (χ2n) is 6.95. The second-order valence-corrected chi connectivity index (χ2v) is 8.26. The van der Waals surface area contributed by atoms with Crippen LogP contribution in [0.1, 0.15) is 6.92 Å². The van der Waals surface area contributed by atoms with Crippen LogP contribution in [0.4, 0.5) is 10.1 Å². The van der Waals surface area contributed by atoms with Gasteiger partial charge in [0, 0.05) is 18.4 Å². The van der Waals surface area contributed by atoms with E-state index in [2.05, 4.69) is 10.2 Å². The number of para-hydroxylation sites is 2. The van der Waals surface area contributed by atoms with E-state index in [0.717, 1.165) is 11.4 Å². The Bertz CT molecular complexity index is 1180. The Kier molecular flexibility index (Phi) is 6.13. The molecule has 31 heavy (non-hydrogen) atoms. The molecule has 0 aliphatic carbocycles. The maximum absolute atomic E-state index is 14.5. The summed E-state index contributed by atoms with van der Waals surface area (Å²) in [4.78, 5) is 14.6. The molecule has 0 fully saturated rings. The number of hydrogen-bond donors (Lipinski definition) is 0. The number of aromatic nitrogens is 3. The standard InChI is InChI=1S/C24H21FN4OS/c1-17(23(30)28(2)18-11-5-3-6-12-18)31-24-27-26-22(20-15-9-10-16-21(20)25)29(24)19-13-7-4-8-14-19/h3-17H,1-2H3. The number of carbonyl (C=O) groups is 1. The minimum atomic E-state index is -0.426. The van der Waals surface area contributed by atoms with E-state index in [1.807, 2.05) is 67.6 Å². The number of nitrogens with zero attached hydrogens (tertiary/aromatic N) is 4. The van der Waals surface area contributed by atoms with Gasteiger partial charge in [0.15, 0.2) is 11.0 Å². The monoisotopic (exact) mass is 432 g/mol. The van der Waals surface area contributed by atoms with E-state index < -0.39 is 5.25 Å². The molecule has 4 aromatic rings. The van der Waals surface area contributed by atoms with Crippen molar-refractivity contribution in [2.75, 3.05) is 11.9 Å². The number of halogens is 1. The molecule has 0 N–H and O–H groups in total. The van der Waals surface area contributed by atoms with E-state index in [4.69, 9.17) is 0 Å². The van der Waals surface area contributed by atoms with Gasteiger partial charge in [-0.3, -0.25) is 9.36 Å². The summed E-state index contributed by atoms with van der Waals surface area (Å²) in [6.07, 6.45) is 0. The quantitative estimate of drug-likeness (QED) is 0.392. The molecule has 0 radical (unpaired) electrons. The van der Waals surface area contributed by atoms with Crippen molar-refractivity contribution in [2.45, 2.75) is 17.3 Å². The third kappa shape index (κ3) is 4.36. The topological polar surface area (TPSA) is 51.0 Å². The van der Waals surface area contributed by atoms with Gasteiger partial charge in [0.05, 0.1) is 10.8 Å². The van der Waals surface area contributed by atoms with Crippen molar-refractivity contribution in [3.63, 3.8) is 0 Å². The number of carbonyl (C=O) groups excluding carboxylic acids is 1. The lowest BCUT2D eigenvalue weighted by atomic mass is 10.2. The number of amides is 1. The number of benzene rings is 3. The summed E-state index contributed by atoms with van der Waals surface area (Å²) in [6, 6.07) is 25.4. The van der Waals surface area contributed by atoms with Crippen LogP contribution >= 0.6 is 11.8 Å². The van der Waals surface area contributed by atoms with Gasteiger partial charge in [-0.05, 0) is 43.3 Å². The highest BCUT2D eigenvalue weighted by Crippen LogP contribution is 2.32. The molecular formula is C24H21FN4OS. The van der Waals surface area contributed by atoms with Gasteiger partial charge in [-0.15, -0.1) is 10.2 Å². The molecular weight excluding hydrogens is 411 g/mol. The van der Waals surface area contributed by atoms with E-state index in [1.165, 1.54) is 17.8 Å². The van der Waals surface area contributed by atoms with Gasteiger partial charge >= 0.3 is 0 Å². The van der Waals surface area contributed by atoms with E-state index in [9.17, 15) is 9.18 Å². The SMILES string of the molecule is CC(Sc1nnc(-c2ccccc2F)n1-c1ccccc1)C(=O)N(C)c1ccccc1. The van der Waals surface area contributed by atoms with E-state index in [1.54, 1.807) is 34.7 Å². The molecule has 1 aromatic heterocycles. The van der Waals surface area contributed by atoms with E-state index in [0.29, 0.717) is 16.5 Å². The summed E-state index contributed by atoms with van der Waals surface area (Å²) in [6.45, 7) is 1.83. The molecule has 1 heterocycles.